The number of ketones is 1. The molecule has 0 N–H and O–H groups in total. The van der Waals surface area contributed by atoms with Crippen molar-refractivity contribution in [1.82, 2.24) is 19.3 Å². The first-order valence-electron chi connectivity index (χ1n) is 7.69. The number of rotatable bonds is 4. The number of pyridine rings is 1. The number of nitrogens with zero attached hydrogens (tertiary/aromatic N) is 4. The van der Waals surface area contributed by atoms with Crippen molar-refractivity contribution in [3.8, 4) is 11.4 Å². The van der Waals surface area contributed by atoms with Crippen molar-refractivity contribution < 1.29 is 14.3 Å². The summed E-state index contributed by atoms with van der Waals surface area (Å²) in [5, 5.41) is 4.67. The zero-order chi connectivity index (χ0) is 16.7. The van der Waals surface area contributed by atoms with Crippen molar-refractivity contribution in [3.05, 3.63) is 42.0 Å². The predicted molar refractivity (Wildman–Crippen MR) is 87.8 cm³/mol. The third kappa shape index (κ3) is 2.43. The fourth-order valence-corrected chi connectivity index (χ4v) is 3.44. The standard InChI is InChI=1S/C16H16N4O3S/c1-2-6-19-14(10-4-3-5-17-8-10)18-20(16(19)24)11-7-12(21)15-22-9-13(11)23-15/h2-5,8,11,13,15H,1,6-7,9H2/t11-,13+,15+/m0/s1. The van der Waals surface area contributed by atoms with Crippen molar-refractivity contribution in [2.75, 3.05) is 6.61 Å². The molecule has 2 aliphatic heterocycles. The quantitative estimate of drug-likeness (QED) is 0.623. The second-order valence-corrected chi connectivity index (χ2v) is 6.13. The zero-order valence-corrected chi connectivity index (χ0v) is 13.7. The van der Waals surface area contributed by atoms with Gasteiger partial charge in [-0.1, -0.05) is 6.08 Å². The largest absolute Gasteiger partial charge is 0.343 e. The lowest BCUT2D eigenvalue weighted by atomic mass is 10.0. The van der Waals surface area contributed by atoms with Crippen LogP contribution in [0.1, 0.15) is 12.5 Å². The fraction of sp³-hybridized carbons (Fsp3) is 0.375. The van der Waals surface area contributed by atoms with Crippen molar-refractivity contribution in [3.63, 3.8) is 0 Å². The number of allylic oxidation sites excluding steroid dienone is 1. The lowest BCUT2D eigenvalue weighted by Crippen LogP contribution is -2.37. The lowest BCUT2D eigenvalue weighted by molar-refractivity contribution is -0.156. The molecule has 24 heavy (non-hydrogen) atoms. The van der Waals surface area contributed by atoms with Crippen LogP contribution in [-0.2, 0) is 20.8 Å². The van der Waals surface area contributed by atoms with Gasteiger partial charge in [0, 0.05) is 30.9 Å². The van der Waals surface area contributed by atoms with Crippen LogP contribution in [0.3, 0.4) is 0 Å². The molecule has 7 nitrogen and oxygen atoms in total. The molecule has 8 heteroatoms. The molecule has 2 aromatic rings. The van der Waals surface area contributed by atoms with E-state index in [4.69, 9.17) is 21.7 Å². The Morgan fingerprint density at radius 1 is 1.50 bits per heavy atom. The molecule has 4 rings (SSSR count). The van der Waals surface area contributed by atoms with E-state index in [1.165, 1.54) is 0 Å². The highest BCUT2D eigenvalue weighted by Gasteiger charge is 2.45. The molecule has 0 amide bonds. The number of Topliss-reactive ketones (excluding diaryl/α,β-unsaturated/α-hetero) is 1. The average molecular weight is 344 g/mol. The minimum absolute atomic E-state index is 0.0724. The summed E-state index contributed by atoms with van der Waals surface area (Å²) in [5.41, 5.74) is 0.854. The molecule has 0 unspecified atom stereocenters. The Morgan fingerprint density at radius 2 is 2.38 bits per heavy atom. The molecule has 0 spiro atoms. The second-order valence-electron chi connectivity index (χ2n) is 5.77. The summed E-state index contributed by atoms with van der Waals surface area (Å²) in [7, 11) is 0. The minimum atomic E-state index is -0.728. The summed E-state index contributed by atoms with van der Waals surface area (Å²) in [5.74, 6) is 0.623. The van der Waals surface area contributed by atoms with E-state index in [9.17, 15) is 4.79 Å². The predicted octanol–water partition coefficient (Wildman–Crippen LogP) is 1.92. The summed E-state index contributed by atoms with van der Waals surface area (Å²) in [6, 6.07) is 3.51. The first-order valence-corrected chi connectivity index (χ1v) is 8.10. The van der Waals surface area contributed by atoms with Gasteiger partial charge in [0.25, 0.3) is 0 Å². The molecule has 0 aromatic carbocycles. The van der Waals surface area contributed by atoms with Gasteiger partial charge < -0.3 is 9.47 Å². The molecule has 2 saturated heterocycles. The third-order valence-electron chi connectivity index (χ3n) is 4.24. The molecule has 2 fully saturated rings. The monoisotopic (exact) mass is 344 g/mol. The molecule has 3 atom stereocenters. The normalized spacial score (nSPS) is 25.8. The first kappa shape index (κ1) is 15.4. The van der Waals surface area contributed by atoms with Gasteiger partial charge in [-0.15, -0.1) is 6.58 Å². The molecule has 0 radical (unpaired) electrons. The van der Waals surface area contributed by atoms with Crippen LogP contribution in [0.25, 0.3) is 11.4 Å². The smallest absolute Gasteiger partial charge is 0.218 e. The number of hydrogen-bond donors (Lipinski definition) is 0. The maximum atomic E-state index is 12.1. The van der Waals surface area contributed by atoms with Gasteiger partial charge >= 0.3 is 0 Å². The number of fused-ring (bicyclic) bond motifs is 2. The third-order valence-corrected chi connectivity index (χ3v) is 4.65. The van der Waals surface area contributed by atoms with Crippen LogP contribution in [0.5, 0.6) is 0 Å². The van der Waals surface area contributed by atoms with E-state index >= 15 is 0 Å². The topological polar surface area (TPSA) is 71.2 Å². The van der Waals surface area contributed by atoms with Crippen LogP contribution in [0.15, 0.2) is 37.2 Å². The number of carbonyl (C=O) groups is 1. The van der Waals surface area contributed by atoms with Gasteiger partial charge in [0.15, 0.2) is 16.4 Å². The van der Waals surface area contributed by atoms with Gasteiger partial charge in [0.1, 0.15) is 6.10 Å². The molecule has 2 aromatic heterocycles. The number of carbonyl (C=O) groups excluding carboxylic acids is 1. The summed E-state index contributed by atoms with van der Waals surface area (Å²) in [6.45, 7) is 4.68. The van der Waals surface area contributed by atoms with Crippen LogP contribution in [0.2, 0.25) is 0 Å². The summed E-state index contributed by atoms with van der Waals surface area (Å²) < 4.78 is 15.1. The van der Waals surface area contributed by atoms with Crippen molar-refractivity contribution >= 4 is 18.0 Å². The Morgan fingerprint density at radius 3 is 3.12 bits per heavy atom. The van der Waals surface area contributed by atoms with E-state index in [0.717, 1.165) is 5.56 Å². The van der Waals surface area contributed by atoms with Crippen LogP contribution >= 0.6 is 12.2 Å². The first-order chi connectivity index (χ1) is 11.7. The van der Waals surface area contributed by atoms with E-state index in [0.29, 0.717) is 30.2 Å². The fourth-order valence-electron chi connectivity index (χ4n) is 3.10. The Labute approximate surface area is 143 Å². The van der Waals surface area contributed by atoms with Crippen molar-refractivity contribution in [1.29, 1.82) is 0 Å². The van der Waals surface area contributed by atoms with Crippen LogP contribution < -0.4 is 0 Å². The second kappa shape index (κ2) is 6.04. The average Bonchev–Trinajstić information content (AvgIpc) is 3.17. The maximum absolute atomic E-state index is 12.1. The molecule has 2 bridgehead atoms. The van der Waals surface area contributed by atoms with E-state index in [1.807, 2.05) is 16.7 Å². The molecule has 0 saturated carbocycles. The highest BCUT2D eigenvalue weighted by molar-refractivity contribution is 7.71. The molecular formula is C16H16N4O3S. The highest BCUT2D eigenvalue weighted by Crippen LogP contribution is 2.33. The van der Waals surface area contributed by atoms with Crippen LogP contribution in [-0.4, -0.2) is 44.1 Å². The Balaban J connectivity index is 1.81. The SMILES string of the molecule is C=CCn1c(-c2cccnc2)nn([C@H]2CC(=O)[C@@H]3OC[C@H]2O3)c1=S. The van der Waals surface area contributed by atoms with Crippen molar-refractivity contribution in [2.45, 2.75) is 31.4 Å². The molecule has 2 aliphatic rings. The maximum Gasteiger partial charge on any atom is 0.218 e. The van der Waals surface area contributed by atoms with Gasteiger partial charge in [-0.05, 0) is 24.4 Å². The van der Waals surface area contributed by atoms with Crippen molar-refractivity contribution in [2.24, 2.45) is 0 Å². The van der Waals surface area contributed by atoms with Gasteiger partial charge in [0.05, 0.1) is 12.6 Å². The summed E-state index contributed by atoms with van der Waals surface area (Å²) in [4.78, 5) is 16.2. The minimum Gasteiger partial charge on any atom is -0.343 e. The Hall–Kier alpha value is -2.16. The van der Waals surface area contributed by atoms with E-state index in [2.05, 4.69) is 16.7 Å². The molecule has 0 aliphatic carbocycles. The van der Waals surface area contributed by atoms with E-state index < -0.39 is 6.29 Å². The van der Waals surface area contributed by atoms with E-state index in [-0.39, 0.29) is 17.9 Å². The summed E-state index contributed by atoms with van der Waals surface area (Å²) in [6.07, 6.45) is 4.57. The highest BCUT2D eigenvalue weighted by atomic mass is 32.1. The van der Waals surface area contributed by atoms with Gasteiger partial charge in [-0.3, -0.25) is 14.3 Å². The number of ether oxygens (including phenoxy) is 2. The molecule has 4 heterocycles. The lowest BCUT2D eigenvalue weighted by Gasteiger charge is -2.26. The number of hydrogen-bond acceptors (Lipinski definition) is 6. The number of aromatic nitrogens is 4. The molecule has 124 valence electrons. The van der Waals surface area contributed by atoms with Crippen LogP contribution in [0, 0.1) is 4.77 Å². The Bertz CT molecular complexity index is 845. The van der Waals surface area contributed by atoms with E-state index in [1.54, 1.807) is 23.2 Å². The van der Waals surface area contributed by atoms with Crippen LogP contribution in [0.4, 0.5) is 0 Å². The summed E-state index contributed by atoms with van der Waals surface area (Å²) >= 11 is 5.60. The van der Waals surface area contributed by atoms with Gasteiger partial charge in [0.2, 0.25) is 6.29 Å². The Kier molecular flexibility index (Phi) is 3.87. The zero-order valence-electron chi connectivity index (χ0n) is 12.9. The molecular weight excluding hydrogens is 328 g/mol. The van der Waals surface area contributed by atoms with Gasteiger partial charge in [-0.2, -0.15) is 5.10 Å². The van der Waals surface area contributed by atoms with Gasteiger partial charge in [-0.25, -0.2) is 4.68 Å².